The molecular weight excluding hydrogens is 378 g/mol. The van der Waals surface area contributed by atoms with Crippen molar-refractivity contribution in [2.45, 2.75) is 6.92 Å². The van der Waals surface area contributed by atoms with Gasteiger partial charge in [-0.2, -0.15) is 0 Å². The number of carbonyl (C=O) groups is 1. The number of hydrogen-bond acceptors (Lipinski definition) is 3. The first-order chi connectivity index (χ1) is 14.5. The Morgan fingerprint density at radius 2 is 1.57 bits per heavy atom. The average Bonchev–Trinajstić information content (AvgIpc) is 3.06. The molecule has 0 saturated heterocycles. The minimum Gasteiger partial charge on any atom is -0.478 e. The molecule has 0 radical (unpaired) electrons. The van der Waals surface area contributed by atoms with E-state index in [1.807, 2.05) is 54.6 Å². The SMILES string of the molecule is Cc1[nH]n(-c2ccc(-c3ccccc3)cc2)c(=O)c1C=Nc1ccccc1C(=O)O. The van der Waals surface area contributed by atoms with E-state index in [9.17, 15) is 14.7 Å². The summed E-state index contributed by atoms with van der Waals surface area (Å²) in [4.78, 5) is 28.5. The van der Waals surface area contributed by atoms with Crippen molar-refractivity contribution < 1.29 is 9.90 Å². The van der Waals surface area contributed by atoms with Gasteiger partial charge in [-0.1, -0.05) is 54.6 Å². The summed E-state index contributed by atoms with van der Waals surface area (Å²) < 4.78 is 1.45. The lowest BCUT2D eigenvalue weighted by Crippen LogP contribution is -2.17. The van der Waals surface area contributed by atoms with Crippen LogP contribution < -0.4 is 5.56 Å². The Hall–Kier alpha value is -4.19. The molecule has 0 aliphatic rings. The number of aromatic carboxylic acids is 1. The van der Waals surface area contributed by atoms with Crippen molar-refractivity contribution in [3.8, 4) is 16.8 Å². The topological polar surface area (TPSA) is 87.5 Å². The van der Waals surface area contributed by atoms with Gasteiger partial charge in [0.25, 0.3) is 5.56 Å². The van der Waals surface area contributed by atoms with Gasteiger partial charge in [-0.05, 0) is 42.3 Å². The van der Waals surface area contributed by atoms with E-state index >= 15 is 0 Å². The van der Waals surface area contributed by atoms with Gasteiger partial charge >= 0.3 is 5.97 Å². The summed E-state index contributed by atoms with van der Waals surface area (Å²) in [6.45, 7) is 1.78. The second-order valence-electron chi connectivity index (χ2n) is 6.78. The molecule has 4 aromatic rings. The number of aryl methyl sites for hydroxylation is 1. The highest BCUT2D eigenvalue weighted by molar-refractivity contribution is 5.95. The number of carboxylic acids is 1. The van der Waals surface area contributed by atoms with E-state index < -0.39 is 5.97 Å². The van der Waals surface area contributed by atoms with Gasteiger partial charge in [-0.15, -0.1) is 0 Å². The van der Waals surface area contributed by atoms with Crippen LogP contribution in [0.2, 0.25) is 0 Å². The lowest BCUT2D eigenvalue weighted by atomic mass is 10.1. The molecule has 0 fully saturated rings. The Morgan fingerprint density at radius 1 is 0.933 bits per heavy atom. The maximum atomic E-state index is 12.9. The summed E-state index contributed by atoms with van der Waals surface area (Å²) in [5.74, 6) is -1.07. The Morgan fingerprint density at radius 3 is 2.27 bits per heavy atom. The third kappa shape index (κ3) is 3.71. The standard InChI is InChI=1S/C24H19N3O3/c1-16-21(15-25-22-10-6-5-9-20(22)24(29)30)23(28)27(26-16)19-13-11-18(12-14-19)17-7-3-2-4-8-17/h2-15,26H,1H3,(H,29,30). The Balaban J connectivity index is 1.66. The highest BCUT2D eigenvalue weighted by Gasteiger charge is 2.12. The lowest BCUT2D eigenvalue weighted by Gasteiger charge is -2.05. The zero-order valence-corrected chi connectivity index (χ0v) is 16.2. The van der Waals surface area contributed by atoms with Crippen LogP contribution in [0.15, 0.2) is 88.6 Å². The summed E-state index contributed by atoms with van der Waals surface area (Å²) in [5.41, 5.74) is 4.00. The predicted octanol–water partition coefficient (Wildman–Crippen LogP) is 4.59. The first kappa shape index (κ1) is 19.1. The molecule has 1 heterocycles. The molecule has 0 unspecified atom stereocenters. The van der Waals surface area contributed by atoms with Crippen molar-refractivity contribution >= 4 is 17.9 Å². The quantitative estimate of drug-likeness (QED) is 0.483. The van der Waals surface area contributed by atoms with Crippen molar-refractivity contribution in [3.05, 3.63) is 106 Å². The van der Waals surface area contributed by atoms with Crippen molar-refractivity contribution in [2.75, 3.05) is 0 Å². The molecule has 1 aromatic heterocycles. The second-order valence-corrected chi connectivity index (χ2v) is 6.78. The van der Waals surface area contributed by atoms with Gasteiger partial charge in [0.2, 0.25) is 0 Å². The molecule has 30 heavy (non-hydrogen) atoms. The van der Waals surface area contributed by atoms with Crippen molar-refractivity contribution in [1.29, 1.82) is 0 Å². The number of nitrogens with zero attached hydrogens (tertiary/aromatic N) is 2. The van der Waals surface area contributed by atoms with Crippen LogP contribution in [0.25, 0.3) is 16.8 Å². The fourth-order valence-corrected chi connectivity index (χ4v) is 3.23. The highest BCUT2D eigenvalue weighted by atomic mass is 16.4. The Bertz CT molecular complexity index is 1280. The maximum Gasteiger partial charge on any atom is 0.337 e. The van der Waals surface area contributed by atoms with Gasteiger partial charge in [0, 0.05) is 11.9 Å². The van der Waals surface area contributed by atoms with E-state index in [4.69, 9.17) is 0 Å². The zero-order chi connectivity index (χ0) is 21.1. The summed E-state index contributed by atoms with van der Waals surface area (Å²) >= 11 is 0. The van der Waals surface area contributed by atoms with Crippen LogP contribution in [0.1, 0.15) is 21.6 Å². The van der Waals surface area contributed by atoms with E-state index in [0.29, 0.717) is 22.6 Å². The van der Waals surface area contributed by atoms with Crippen LogP contribution in [0, 0.1) is 6.92 Å². The minimum atomic E-state index is -1.07. The van der Waals surface area contributed by atoms with Crippen LogP contribution in [-0.4, -0.2) is 27.1 Å². The molecule has 6 nitrogen and oxygen atoms in total. The number of aromatic amines is 1. The normalized spacial score (nSPS) is 11.1. The highest BCUT2D eigenvalue weighted by Crippen LogP contribution is 2.21. The maximum absolute atomic E-state index is 12.9. The molecule has 148 valence electrons. The van der Waals surface area contributed by atoms with Crippen molar-refractivity contribution in [1.82, 2.24) is 9.78 Å². The number of nitrogens with one attached hydrogen (secondary N) is 1. The summed E-state index contributed by atoms with van der Waals surface area (Å²) in [5, 5.41) is 12.3. The molecule has 0 aliphatic carbocycles. The van der Waals surface area contributed by atoms with Gasteiger partial charge in [-0.25, -0.2) is 9.48 Å². The number of para-hydroxylation sites is 1. The number of carboxylic acid groups (broad SMARTS) is 1. The molecule has 0 aliphatic heterocycles. The van der Waals surface area contributed by atoms with Crippen LogP contribution in [0.3, 0.4) is 0 Å². The van der Waals surface area contributed by atoms with E-state index in [-0.39, 0.29) is 11.1 Å². The molecular formula is C24H19N3O3. The minimum absolute atomic E-state index is 0.0822. The first-order valence-corrected chi connectivity index (χ1v) is 9.38. The number of aliphatic imine (C=N–C) groups is 1. The largest absolute Gasteiger partial charge is 0.478 e. The molecule has 4 rings (SSSR count). The summed E-state index contributed by atoms with van der Waals surface area (Å²) in [7, 11) is 0. The molecule has 0 amide bonds. The fourth-order valence-electron chi connectivity index (χ4n) is 3.23. The van der Waals surface area contributed by atoms with Gasteiger partial charge < -0.3 is 5.11 Å². The third-order valence-corrected chi connectivity index (χ3v) is 4.82. The number of rotatable bonds is 5. The van der Waals surface area contributed by atoms with Crippen molar-refractivity contribution in [2.24, 2.45) is 4.99 Å². The number of hydrogen-bond donors (Lipinski definition) is 2. The third-order valence-electron chi connectivity index (χ3n) is 4.82. The number of H-pyrrole nitrogens is 1. The molecule has 2 N–H and O–H groups in total. The van der Waals surface area contributed by atoms with Crippen LogP contribution in [0.5, 0.6) is 0 Å². The summed E-state index contributed by atoms with van der Waals surface area (Å²) in [6, 6.07) is 24.1. The van der Waals surface area contributed by atoms with E-state index in [2.05, 4.69) is 10.1 Å². The first-order valence-electron chi connectivity index (χ1n) is 9.38. The Kier molecular flexibility index (Phi) is 5.13. The zero-order valence-electron chi connectivity index (χ0n) is 16.2. The van der Waals surface area contributed by atoms with Gasteiger partial charge in [0.1, 0.15) is 0 Å². The smallest absolute Gasteiger partial charge is 0.337 e. The monoisotopic (exact) mass is 397 g/mol. The molecule has 6 heteroatoms. The molecule has 0 saturated carbocycles. The number of benzene rings is 3. The number of aromatic nitrogens is 2. The second kappa shape index (κ2) is 8.05. The predicted molar refractivity (Wildman–Crippen MR) is 117 cm³/mol. The van der Waals surface area contributed by atoms with Crippen LogP contribution in [-0.2, 0) is 0 Å². The van der Waals surface area contributed by atoms with E-state index in [0.717, 1.165) is 11.1 Å². The lowest BCUT2D eigenvalue weighted by molar-refractivity contribution is 0.0698. The molecule has 3 aromatic carbocycles. The van der Waals surface area contributed by atoms with Crippen molar-refractivity contribution in [3.63, 3.8) is 0 Å². The van der Waals surface area contributed by atoms with E-state index in [1.165, 1.54) is 17.0 Å². The van der Waals surface area contributed by atoms with E-state index in [1.54, 1.807) is 25.1 Å². The molecule has 0 spiro atoms. The fraction of sp³-hybridized carbons (Fsp3) is 0.0417. The molecule has 0 bridgehead atoms. The van der Waals surface area contributed by atoms with Crippen LogP contribution in [0.4, 0.5) is 5.69 Å². The van der Waals surface area contributed by atoms with Gasteiger partial charge in [0.15, 0.2) is 0 Å². The van der Waals surface area contributed by atoms with Gasteiger partial charge in [0.05, 0.1) is 22.5 Å². The Labute approximate surface area is 172 Å². The van der Waals surface area contributed by atoms with Gasteiger partial charge in [-0.3, -0.25) is 14.9 Å². The average molecular weight is 397 g/mol. The summed E-state index contributed by atoms with van der Waals surface area (Å²) in [6.07, 6.45) is 1.41. The van der Waals surface area contributed by atoms with Crippen LogP contribution >= 0.6 is 0 Å². The molecule has 0 atom stereocenters.